The molecule has 0 fully saturated rings. The molecule has 4 aromatic rings. The Labute approximate surface area is 283 Å². The summed E-state index contributed by atoms with van der Waals surface area (Å²) >= 11 is 0. The molecule has 3 atom stereocenters. The Bertz CT molecular complexity index is 2030. The molecule has 1 aromatic heterocycles. The van der Waals surface area contributed by atoms with E-state index in [4.69, 9.17) is 19.9 Å². The van der Waals surface area contributed by atoms with Crippen LogP contribution in [0.1, 0.15) is 79.4 Å². The molecule has 5 heteroatoms. The zero-order valence-electron chi connectivity index (χ0n) is 27.1. The van der Waals surface area contributed by atoms with Crippen molar-refractivity contribution in [2.24, 2.45) is 15.9 Å². The molecule has 0 saturated heterocycles. The van der Waals surface area contributed by atoms with Gasteiger partial charge in [0.2, 0.25) is 0 Å². The van der Waals surface area contributed by atoms with Crippen molar-refractivity contribution >= 4 is 17.5 Å². The van der Waals surface area contributed by atoms with E-state index in [0.717, 1.165) is 72.3 Å². The van der Waals surface area contributed by atoms with Gasteiger partial charge >= 0.3 is 0 Å². The summed E-state index contributed by atoms with van der Waals surface area (Å²) in [7, 11) is 0. The quantitative estimate of drug-likeness (QED) is 0.192. The van der Waals surface area contributed by atoms with Gasteiger partial charge in [-0.25, -0.2) is 15.0 Å². The van der Waals surface area contributed by atoms with Crippen LogP contribution in [0.5, 0.6) is 0 Å². The third-order valence-electron chi connectivity index (χ3n) is 9.78. The summed E-state index contributed by atoms with van der Waals surface area (Å²) in [6.45, 7) is 0. The molecule has 3 unspecified atom stereocenters. The molecule has 0 N–H and O–H groups in total. The Hall–Kier alpha value is -5.29. The van der Waals surface area contributed by atoms with Gasteiger partial charge in [0, 0.05) is 35.2 Å². The van der Waals surface area contributed by atoms with Crippen LogP contribution in [-0.2, 0) is 0 Å². The van der Waals surface area contributed by atoms with E-state index in [1.54, 1.807) is 0 Å². The molecule has 5 nitrogen and oxygen atoms in total. The van der Waals surface area contributed by atoms with E-state index in [9.17, 15) is 0 Å². The van der Waals surface area contributed by atoms with Gasteiger partial charge < -0.3 is 0 Å². The van der Waals surface area contributed by atoms with Gasteiger partial charge in [-0.2, -0.15) is 0 Å². The van der Waals surface area contributed by atoms with Crippen molar-refractivity contribution in [2.45, 2.75) is 56.9 Å². The summed E-state index contributed by atoms with van der Waals surface area (Å²) in [6.07, 6.45) is 26.7. The van der Waals surface area contributed by atoms with Crippen LogP contribution in [0.3, 0.4) is 0 Å². The maximum Gasteiger partial charge on any atom is 0.164 e. The minimum Gasteiger partial charge on any atom is -0.285 e. The first-order valence-corrected chi connectivity index (χ1v) is 17.3. The lowest BCUT2D eigenvalue weighted by atomic mass is 9.78. The molecule has 2 aliphatic carbocycles. The standard InChI is InChI=1S/C43H39N5/c1-3-13-30(14-4-1)36-27-37(31-15-5-2-6-16-31)29-38(28-36)43-47-41(34-19-11-17-32(25-34)39-21-7-9-23-44-39)46-42(48-43)35-20-12-18-33(26-35)40-22-8-10-24-45-40/h1-5,7,9-14,17-20,23-27,29,31,36,39H,6,8,15-16,21-22,28H2. The molecule has 0 amide bonds. The van der Waals surface area contributed by atoms with E-state index in [2.05, 4.69) is 120 Å². The molecule has 4 aliphatic rings. The zero-order valence-corrected chi connectivity index (χ0v) is 27.1. The lowest BCUT2D eigenvalue weighted by Crippen LogP contribution is -2.13. The van der Waals surface area contributed by atoms with E-state index >= 15 is 0 Å². The van der Waals surface area contributed by atoms with Crippen LogP contribution in [0.15, 0.2) is 143 Å². The van der Waals surface area contributed by atoms with E-state index in [1.807, 2.05) is 18.5 Å². The molecule has 48 heavy (non-hydrogen) atoms. The topological polar surface area (TPSA) is 63.4 Å². The predicted molar refractivity (Wildman–Crippen MR) is 197 cm³/mol. The summed E-state index contributed by atoms with van der Waals surface area (Å²) in [5.41, 5.74) is 9.21. The van der Waals surface area contributed by atoms with Crippen molar-refractivity contribution in [1.82, 2.24) is 15.0 Å². The van der Waals surface area contributed by atoms with Crippen LogP contribution < -0.4 is 0 Å². The summed E-state index contributed by atoms with van der Waals surface area (Å²) in [6, 6.07) is 28.0. The van der Waals surface area contributed by atoms with E-state index in [1.165, 1.54) is 23.1 Å². The average Bonchev–Trinajstić information content (AvgIpc) is 3.19. The van der Waals surface area contributed by atoms with Gasteiger partial charge in [0.15, 0.2) is 17.5 Å². The number of dihydropyridines is 1. The maximum atomic E-state index is 5.24. The fourth-order valence-corrected chi connectivity index (χ4v) is 7.18. The smallest absolute Gasteiger partial charge is 0.164 e. The molecule has 0 bridgehead atoms. The average molecular weight is 626 g/mol. The fraction of sp³-hybridized carbons (Fsp3) is 0.233. The molecule has 0 saturated carbocycles. The highest BCUT2D eigenvalue weighted by Gasteiger charge is 2.25. The van der Waals surface area contributed by atoms with Gasteiger partial charge in [0.05, 0.1) is 6.04 Å². The van der Waals surface area contributed by atoms with Gasteiger partial charge in [-0.05, 0) is 96.9 Å². The Morgan fingerprint density at radius 2 is 1.44 bits per heavy atom. The Morgan fingerprint density at radius 3 is 2.21 bits per heavy atom. The molecule has 8 rings (SSSR count). The lowest BCUT2D eigenvalue weighted by molar-refractivity contribution is 0.556. The Kier molecular flexibility index (Phi) is 8.66. The van der Waals surface area contributed by atoms with Crippen molar-refractivity contribution < 1.29 is 0 Å². The lowest BCUT2D eigenvalue weighted by Gasteiger charge is -2.27. The van der Waals surface area contributed by atoms with Crippen molar-refractivity contribution in [3.8, 4) is 22.8 Å². The number of benzene rings is 3. The summed E-state index contributed by atoms with van der Waals surface area (Å²) in [5.74, 6) is 2.88. The van der Waals surface area contributed by atoms with Gasteiger partial charge in [-0.3, -0.25) is 9.98 Å². The molecule has 0 spiro atoms. The summed E-state index contributed by atoms with van der Waals surface area (Å²) in [4.78, 5) is 25.0. The monoisotopic (exact) mass is 625 g/mol. The van der Waals surface area contributed by atoms with Gasteiger partial charge in [-0.15, -0.1) is 0 Å². The van der Waals surface area contributed by atoms with Crippen molar-refractivity contribution in [3.63, 3.8) is 0 Å². The van der Waals surface area contributed by atoms with Gasteiger partial charge in [0.25, 0.3) is 0 Å². The van der Waals surface area contributed by atoms with E-state index < -0.39 is 0 Å². The minimum absolute atomic E-state index is 0.0997. The maximum absolute atomic E-state index is 5.24. The number of aromatic nitrogens is 3. The second-order valence-corrected chi connectivity index (χ2v) is 13.0. The van der Waals surface area contributed by atoms with Crippen molar-refractivity contribution in [1.29, 1.82) is 0 Å². The van der Waals surface area contributed by atoms with E-state index in [-0.39, 0.29) is 12.0 Å². The molecule has 3 aromatic carbocycles. The number of hydrogen-bond donors (Lipinski definition) is 0. The minimum atomic E-state index is 0.0997. The molecule has 3 heterocycles. The summed E-state index contributed by atoms with van der Waals surface area (Å²) in [5, 5.41) is 0. The van der Waals surface area contributed by atoms with Gasteiger partial charge in [-0.1, -0.05) is 103 Å². The van der Waals surface area contributed by atoms with Crippen molar-refractivity contribution in [3.05, 3.63) is 156 Å². The highest BCUT2D eigenvalue weighted by molar-refractivity contribution is 6.02. The molecule has 236 valence electrons. The van der Waals surface area contributed by atoms with Crippen LogP contribution in [0.2, 0.25) is 0 Å². The molecular formula is C43H39N5. The number of aliphatic imine (C=N–C) groups is 2. The van der Waals surface area contributed by atoms with Crippen LogP contribution in [-0.4, -0.2) is 26.9 Å². The predicted octanol–water partition coefficient (Wildman–Crippen LogP) is 10.2. The second-order valence-electron chi connectivity index (χ2n) is 13.0. The van der Waals surface area contributed by atoms with Gasteiger partial charge in [0.1, 0.15) is 0 Å². The molecule has 2 aliphatic heterocycles. The zero-order chi connectivity index (χ0) is 32.1. The first-order valence-electron chi connectivity index (χ1n) is 17.3. The Morgan fingerprint density at radius 1 is 0.646 bits per heavy atom. The van der Waals surface area contributed by atoms with Crippen molar-refractivity contribution in [2.75, 3.05) is 0 Å². The summed E-state index contributed by atoms with van der Waals surface area (Å²) < 4.78 is 0. The highest BCUT2D eigenvalue weighted by atomic mass is 15.0. The highest BCUT2D eigenvalue weighted by Crippen LogP contribution is 2.40. The molecular weight excluding hydrogens is 587 g/mol. The van der Waals surface area contributed by atoms with Crippen LogP contribution in [0, 0.1) is 5.92 Å². The number of rotatable bonds is 7. The van der Waals surface area contributed by atoms with E-state index in [0.29, 0.717) is 17.6 Å². The third kappa shape index (κ3) is 6.59. The fourth-order valence-electron chi connectivity index (χ4n) is 7.18. The number of hydrogen-bond acceptors (Lipinski definition) is 5. The third-order valence-corrected chi connectivity index (χ3v) is 9.78. The Balaban J connectivity index is 1.25. The number of allylic oxidation sites excluding steroid dienone is 8. The second kappa shape index (κ2) is 13.8. The van der Waals surface area contributed by atoms with Crippen LogP contribution in [0.4, 0.5) is 0 Å². The van der Waals surface area contributed by atoms with Crippen LogP contribution >= 0.6 is 0 Å². The molecule has 0 radical (unpaired) electrons. The normalized spacial score (nSPS) is 21.8. The first-order chi connectivity index (χ1) is 23.8. The van der Waals surface area contributed by atoms with Crippen LogP contribution in [0.25, 0.3) is 28.3 Å². The SMILES string of the molecule is C1=CCC(c2cccc(-c3nc(C4=CC(C5CC=CCC5)=CC(c5ccccc5)C4)nc(-c4cccc(C5=NC=CCC5)c4)n3)c2)N=C1. The number of nitrogens with zero attached hydrogens (tertiary/aromatic N) is 5. The largest absolute Gasteiger partial charge is 0.285 e. The first kappa shape index (κ1) is 30.1.